The molecule has 7 heteroatoms. The highest BCUT2D eigenvalue weighted by molar-refractivity contribution is 5.97. The molecule has 1 N–H and O–H groups in total. The fourth-order valence-electron chi connectivity index (χ4n) is 2.90. The summed E-state index contributed by atoms with van der Waals surface area (Å²) in [6, 6.07) is 12.0. The Morgan fingerprint density at radius 3 is 2.29 bits per heavy atom. The van der Waals surface area contributed by atoms with Crippen LogP contribution in [0.3, 0.4) is 0 Å². The lowest BCUT2D eigenvalue weighted by atomic mass is 10.1. The minimum atomic E-state index is -0.219. The number of ether oxygens (including phenoxy) is 2. The molecular weight excluding hydrogens is 360 g/mol. The maximum absolute atomic E-state index is 12.3. The lowest BCUT2D eigenvalue weighted by Crippen LogP contribution is -2.32. The predicted octanol–water partition coefficient (Wildman–Crippen LogP) is 3.04. The van der Waals surface area contributed by atoms with Crippen LogP contribution in [0.1, 0.15) is 30.6 Å². The number of rotatable bonds is 6. The van der Waals surface area contributed by atoms with Gasteiger partial charge in [-0.25, -0.2) is 0 Å². The van der Waals surface area contributed by atoms with Crippen LogP contribution in [0.25, 0.3) is 0 Å². The normalized spacial score (nSPS) is 12.2. The van der Waals surface area contributed by atoms with E-state index >= 15 is 0 Å². The maximum Gasteiger partial charge on any atom is 0.226 e. The van der Waals surface area contributed by atoms with E-state index in [1.165, 1.54) is 18.7 Å². The van der Waals surface area contributed by atoms with Gasteiger partial charge in [-0.2, -0.15) is 0 Å². The van der Waals surface area contributed by atoms with Crippen LogP contribution in [0.4, 0.5) is 11.4 Å². The fourth-order valence-corrected chi connectivity index (χ4v) is 2.90. The first kappa shape index (κ1) is 19.4. The van der Waals surface area contributed by atoms with Crippen LogP contribution in [0.15, 0.2) is 42.5 Å². The number of carbonyl (C=O) groups excluding carboxylic acids is 3. The van der Waals surface area contributed by atoms with Crippen LogP contribution in [0.2, 0.25) is 0 Å². The van der Waals surface area contributed by atoms with Gasteiger partial charge >= 0.3 is 0 Å². The third-order valence-electron chi connectivity index (χ3n) is 4.35. The average molecular weight is 382 g/mol. The molecule has 2 amide bonds. The zero-order chi connectivity index (χ0) is 20.1. The van der Waals surface area contributed by atoms with Gasteiger partial charge < -0.3 is 19.7 Å². The quantitative estimate of drug-likeness (QED) is 0.776. The summed E-state index contributed by atoms with van der Waals surface area (Å²) < 4.78 is 11.0. The van der Waals surface area contributed by atoms with E-state index in [1.54, 1.807) is 42.5 Å². The molecule has 0 aromatic heterocycles. The van der Waals surface area contributed by atoms with Crippen molar-refractivity contribution < 1.29 is 23.9 Å². The largest absolute Gasteiger partial charge is 0.486 e. The van der Waals surface area contributed by atoms with E-state index in [0.29, 0.717) is 41.7 Å². The van der Waals surface area contributed by atoms with E-state index in [1.807, 2.05) is 0 Å². The molecule has 1 aliphatic heterocycles. The molecule has 2 aromatic rings. The summed E-state index contributed by atoms with van der Waals surface area (Å²) in [6.07, 6.45) is 0.127. The van der Waals surface area contributed by atoms with Crippen molar-refractivity contribution in [3.63, 3.8) is 0 Å². The van der Waals surface area contributed by atoms with Crippen molar-refractivity contribution in [1.82, 2.24) is 0 Å². The van der Waals surface area contributed by atoms with Gasteiger partial charge in [-0.05, 0) is 43.3 Å². The summed E-state index contributed by atoms with van der Waals surface area (Å²) in [7, 11) is 0. The number of Topliss-reactive ketones (excluding diaryl/α,β-unsaturated/α-hetero) is 1. The van der Waals surface area contributed by atoms with Gasteiger partial charge in [-0.1, -0.05) is 0 Å². The Morgan fingerprint density at radius 2 is 1.64 bits per heavy atom. The van der Waals surface area contributed by atoms with E-state index < -0.39 is 0 Å². The second-order valence-electron chi connectivity index (χ2n) is 6.43. The van der Waals surface area contributed by atoms with Crippen molar-refractivity contribution in [1.29, 1.82) is 0 Å². The number of carbonyl (C=O) groups is 3. The first-order valence-corrected chi connectivity index (χ1v) is 9.02. The standard InChI is InChI=1S/C21H22N2O5/c1-14(24)16-3-6-18(7-4-16)23(15(2)25)10-9-21(26)22-17-5-8-19-20(13-17)28-12-11-27-19/h3-8,13H,9-12H2,1-2H3,(H,22,26). The predicted molar refractivity (Wildman–Crippen MR) is 105 cm³/mol. The van der Waals surface area contributed by atoms with Crippen LogP contribution in [-0.4, -0.2) is 37.4 Å². The molecule has 0 fully saturated rings. The molecule has 1 heterocycles. The van der Waals surface area contributed by atoms with Crippen molar-refractivity contribution in [3.05, 3.63) is 48.0 Å². The maximum atomic E-state index is 12.3. The molecule has 3 rings (SSSR count). The Morgan fingerprint density at radius 1 is 0.964 bits per heavy atom. The summed E-state index contributed by atoms with van der Waals surface area (Å²) in [5, 5.41) is 2.80. The monoisotopic (exact) mass is 382 g/mol. The Kier molecular flexibility index (Phi) is 5.93. The number of anilines is 2. The van der Waals surface area contributed by atoms with Crippen LogP contribution < -0.4 is 19.7 Å². The highest BCUT2D eigenvalue weighted by Crippen LogP contribution is 2.32. The second-order valence-corrected chi connectivity index (χ2v) is 6.43. The van der Waals surface area contributed by atoms with E-state index in [-0.39, 0.29) is 30.6 Å². The summed E-state index contributed by atoms with van der Waals surface area (Å²) in [5.41, 5.74) is 1.82. The van der Waals surface area contributed by atoms with Crippen molar-refractivity contribution in [3.8, 4) is 11.5 Å². The Labute approximate surface area is 163 Å². The molecule has 28 heavy (non-hydrogen) atoms. The zero-order valence-electron chi connectivity index (χ0n) is 15.9. The number of fused-ring (bicyclic) bond motifs is 1. The summed E-state index contributed by atoms with van der Waals surface area (Å²) in [5.74, 6) is 0.812. The molecule has 2 aromatic carbocycles. The highest BCUT2D eigenvalue weighted by Gasteiger charge is 2.16. The van der Waals surface area contributed by atoms with Crippen molar-refractivity contribution in [2.24, 2.45) is 0 Å². The smallest absolute Gasteiger partial charge is 0.226 e. The number of benzene rings is 2. The zero-order valence-corrected chi connectivity index (χ0v) is 15.9. The third kappa shape index (κ3) is 4.68. The summed E-state index contributed by atoms with van der Waals surface area (Å²) >= 11 is 0. The van der Waals surface area contributed by atoms with Gasteiger partial charge in [-0.3, -0.25) is 14.4 Å². The van der Waals surface area contributed by atoms with Gasteiger partial charge in [0.15, 0.2) is 17.3 Å². The molecule has 146 valence electrons. The summed E-state index contributed by atoms with van der Waals surface area (Å²) in [6.45, 7) is 4.13. The average Bonchev–Trinajstić information content (AvgIpc) is 2.68. The molecule has 0 atom stereocenters. The second kappa shape index (κ2) is 8.56. The number of amides is 2. The molecule has 0 aliphatic carbocycles. The van der Waals surface area contributed by atoms with Gasteiger partial charge in [0.2, 0.25) is 11.8 Å². The lowest BCUT2D eigenvalue weighted by Gasteiger charge is -2.21. The number of hydrogen-bond donors (Lipinski definition) is 1. The first-order valence-electron chi connectivity index (χ1n) is 9.02. The molecular formula is C21H22N2O5. The Bertz CT molecular complexity index is 892. The van der Waals surface area contributed by atoms with Gasteiger partial charge in [0.25, 0.3) is 0 Å². The van der Waals surface area contributed by atoms with Crippen molar-refractivity contribution in [2.45, 2.75) is 20.3 Å². The van der Waals surface area contributed by atoms with E-state index in [2.05, 4.69) is 5.32 Å². The lowest BCUT2D eigenvalue weighted by molar-refractivity contribution is -0.117. The number of nitrogens with zero attached hydrogens (tertiary/aromatic N) is 1. The molecule has 0 saturated carbocycles. The molecule has 0 unspecified atom stereocenters. The van der Waals surface area contributed by atoms with Crippen molar-refractivity contribution >= 4 is 29.0 Å². The molecule has 0 radical (unpaired) electrons. The fraction of sp³-hybridized carbons (Fsp3) is 0.286. The van der Waals surface area contributed by atoms with Crippen LogP contribution >= 0.6 is 0 Å². The van der Waals surface area contributed by atoms with Gasteiger partial charge in [0.05, 0.1) is 0 Å². The van der Waals surface area contributed by atoms with Crippen LogP contribution in [0, 0.1) is 0 Å². The molecule has 0 spiro atoms. The van der Waals surface area contributed by atoms with Gasteiger partial charge in [0.1, 0.15) is 13.2 Å². The van der Waals surface area contributed by atoms with E-state index in [9.17, 15) is 14.4 Å². The van der Waals surface area contributed by atoms with E-state index in [0.717, 1.165) is 0 Å². The molecule has 0 saturated heterocycles. The van der Waals surface area contributed by atoms with E-state index in [4.69, 9.17) is 9.47 Å². The third-order valence-corrected chi connectivity index (χ3v) is 4.35. The number of ketones is 1. The van der Waals surface area contributed by atoms with Gasteiger partial charge in [-0.15, -0.1) is 0 Å². The molecule has 7 nitrogen and oxygen atoms in total. The minimum absolute atomic E-state index is 0.0419. The number of hydrogen-bond acceptors (Lipinski definition) is 5. The Balaban J connectivity index is 1.61. The van der Waals surface area contributed by atoms with Crippen molar-refractivity contribution in [2.75, 3.05) is 30.0 Å². The Hall–Kier alpha value is -3.35. The molecule has 1 aliphatic rings. The molecule has 0 bridgehead atoms. The topological polar surface area (TPSA) is 84.9 Å². The summed E-state index contributed by atoms with van der Waals surface area (Å²) in [4.78, 5) is 37.2. The van der Waals surface area contributed by atoms with Crippen LogP contribution in [0.5, 0.6) is 11.5 Å². The highest BCUT2D eigenvalue weighted by atomic mass is 16.6. The van der Waals surface area contributed by atoms with Crippen LogP contribution in [-0.2, 0) is 9.59 Å². The minimum Gasteiger partial charge on any atom is -0.486 e. The first-order chi connectivity index (χ1) is 13.4. The SMILES string of the molecule is CC(=O)c1ccc(N(CCC(=O)Nc2ccc3c(c2)OCCO3)C(C)=O)cc1. The van der Waals surface area contributed by atoms with Gasteiger partial charge in [0, 0.05) is 42.9 Å². The number of nitrogens with one attached hydrogen (secondary N) is 1.